The maximum atomic E-state index is 13.9. The summed E-state index contributed by atoms with van der Waals surface area (Å²) in [6.45, 7) is 1.45. The van der Waals surface area contributed by atoms with Crippen LogP contribution in [0.1, 0.15) is 17.3 Å². The number of carbonyl (C=O) groups excluding carboxylic acids is 1. The lowest BCUT2D eigenvalue weighted by Gasteiger charge is -2.10. The van der Waals surface area contributed by atoms with Crippen molar-refractivity contribution < 1.29 is 27.1 Å². The molecule has 0 saturated carbocycles. The van der Waals surface area contributed by atoms with Gasteiger partial charge < -0.3 is 9.30 Å². The van der Waals surface area contributed by atoms with Gasteiger partial charge in [-0.15, -0.1) is 0 Å². The lowest BCUT2D eigenvalue weighted by molar-refractivity contribution is 0.0524. The molecule has 0 radical (unpaired) electrons. The Hall–Kier alpha value is -2.64. The van der Waals surface area contributed by atoms with Crippen molar-refractivity contribution in [1.82, 2.24) is 4.57 Å². The summed E-state index contributed by atoms with van der Waals surface area (Å²) in [5.74, 6) is -6.11. The van der Waals surface area contributed by atoms with Gasteiger partial charge in [-0.3, -0.25) is 4.79 Å². The fourth-order valence-electron chi connectivity index (χ4n) is 1.95. The van der Waals surface area contributed by atoms with Crippen LogP contribution in [0.5, 0.6) is 0 Å². The molecule has 0 unspecified atom stereocenters. The first-order chi connectivity index (χ1) is 10.4. The summed E-state index contributed by atoms with van der Waals surface area (Å²) >= 11 is 0. The summed E-state index contributed by atoms with van der Waals surface area (Å²) in [6.07, 6.45) is 1.42. The third kappa shape index (κ3) is 2.47. The van der Waals surface area contributed by atoms with Crippen molar-refractivity contribution in [3.8, 4) is 0 Å². The largest absolute Gasteiger partial charge is 0.462 e. The van der Waals surface area contributed by atoms with E-state index in [2.05, 4.69) is 4.74 Å². The molecule has 22 heavy (non-hydrogen) atoms. The molecule has 0 atom stereocenters. The van der Waals surface area contributed by atoms with Crippen LogP contribution in [0.4, 0.5) is 17.6 Å². The van der Waals surface area contributed by atoms with Gasteiger partial charge in [0.25, 0.3) is 0 Å². The Labute approximate surface area is 121 Å². The molecule has 1 heterocycles. The predicted molar refractivity (Wildman–Crippen MR) is 70.5 cm³/mol. The number of pyridine rings is 1. The number of benzene rings is 1. The molecule has 0 aliphatic rings. The fraction of sp³-hybridized carbons (Fsp3) is 0.143. The van der Waals surface area contributed by atoms with Crippen molar-refractivity contribution in [3.63, 3.8) is 0 Å². The molecule has 0 spiro atoms. The maximum Gasteiger partial charge on any atom is 0.343 e. The van der Waals surface area contributed by atoms with Gasteiger partial charge in [-0.05, 0) is 13.0 Å². The summed E-state index contributed by atoms with van der Waals surface area (Å²) in [4.78, 5) is 23.8. The third-order valence-corrected chi connectivity index (χ3v) is 2.86. The van der Waals surface area contributed by atoms with E-state index >= 15 is 0 Å². The molecule has 0 N–H and O–H groups in total. The zero-order chi connectivity index (χ0) is 16.4. The van der Waals surface area contributed by atoms with Crippen molar-refractivity contribution in [2.75, 3.05) is 6.61 Å². The molecule has 1 aromatic carbocycles. The lowest BCUT2D eigenvalue weighted by atomic mass is 10.1. The molecule has 0 saturated heterocycles. The molecule has 0 aliphatic carbocycles. The highest BCUT2D eigenvalue weighted by molar-refractivity contribution is 5.94. The molecule has 116 valence electrons. The highest BCUT2D eigenvalue weighted by Crippen LogP contribution is 2.22. The van der Waals surface area contributed by atoms with Gasteiger partial charge in [-0.1, -0.05) is 0 Å². The van der Waals surface area contributed by atoms with Crippen LogP contribution in [0.2, 0.25) is 0 Å². The van der Waals surface area contributed by atoms with E-state index in [9.17, 15) is 27.2 Å². The highest BCUT2D eigenvalue weighted by Gasteiger charge is 2.22. The van der Waals surface area contributed by atoms with E-state index < -0.39 is 45.3 Å². The minimum absolute atomic E-state index is 0.0143. The quantitative estimate of drug-likeness (QED) is 0.497. The van der Waals surface area contributed by atoms with Crippen molar-refractivity contribution >= 4 is 23.1 Å². The summed E-state index contributed by atoms with van der Waals surface area (Å²) < 4.78 is 58.2. The van der Waals surface area contributed by atoms with E-state index in [4.69, 9.17) is 0 Å². The first kappa shape index (κ1) is 15.7. The van der Waals surface area contributed by atoms with Crippen molar-refractivity contribution in [1.29, 1.82) is 0 Å². The number of nitrogens with zero attached hydrogens (tertiary/aromatic N) is 1. The number of hydrogen-bond acceptors (Lipinski definition) is 3. The number of hydrogen-bond donors (Lipinski definition) is 0. The molecule has 1 aromatic heterocycles. The number of esters is 1. The van der Waals surface area contributed by atoms with E-state index in [1.54, 1.807) is 0 Å². The molecule has 0 fully saturated rings. The molecule has 0 amide bonds. The zero-order valence-electron chi connectivity index (χ0n) is 11.2. The molecular weight excluding hydrogens is 306 g/mol. The SMILES string of the molecule is CCOC(=O)c1cn(/C=C/F)c2c(F)c(F)c(F)cc2c1=O. The van der Waals surface area contributed by atoms with E-state index in [1.807, 2.05) is 0 Å². The van der Waals surface area contributed by atoms with Crippen molar-refractivity contribution in [3.05, 3.63) is 51.8 Å². The second kappa shape index (κ2) is 6.00. The molecule has 2 rings (SSSR count). The average molecular weight is 315 g/mol. The van der Waals surface area contributed by atoms with Crippen LogP contribution in [-0.2, 0) is 4.74 Å². The van der Waals surface area contributed by atoms with Gasteiger partial charge >= 0.3 is 5.97 Å². The Morgan fingerprint density at radius 3 is 2.59 bits per heavy atom. The summed E-state index contributed by atoms with van der Waals surface area (Å²) in [5, 5.41) is -0.611. The first-order valence-corrected chi connectivity index (χ1v) is 6.08. The molecule has 0 aliphatic heterocycles. The lowest BCUT2D eigenvalue weighted by Crippen LogP contribution is -2.21. The van der Waals surface area contributed by atoms with Crippen LogP contribution < -0.4 is 5.43 Å². The second-order valence-electron chi connectivity index (χ2n) is 4.16. The monoisotopic (exact) mass is 315 g/mol. The molecule has 0 bridgehead atoms. The number of aromatic nitrogens is 1. The average Bonchev–Trinajstić information content (AvgIpc) is 2.48. The Morgan fingerprint density at radius 1 is 1.32 bits per heavy atom. The minimum Gasteiger partial charge on any atom is -0.462 e. The predicted octanol–water partition coefficient (Wildman–Crippen LogP) is 2.99. The number of carbonyl (C=O) groups is 1. The maximum absolute atomic E-state index is 13.9. The zero-order valence-corrected chi connectivity index (χ0v) is 11.2. The number of rotatable bonds is 3. The number of fused-ring (bicyclic) bond motifs is 1. The van der Waals surface area contributed by atoms with Crippen LogP contribution in [0, 0.1) is 17.5 Å². The van der Waals surface area contributed by atoms with Crippen LogP contribution in [0.25, 0.3) is 17.1 Å². The molecule has 4 nitrogen and oxygen atoms in total. The standard InChI is InChI=1S/C14H9F4NO3/c1-2-22-14(21)8-6-19(4-3-15)12-7(13(8)20)5-9(16)10(17)11(12)18/h3-6H,2H2,1H3/b4-3+. The van der Waals surface area contributed by atoms with Gasteiger partial charge in [0, 0.05) is 12.4 Å². The summed E-state index contributed by atoms with van der Waals surface area (Å²) in [6, 6.07) is 0.446. The van der Waals surface area contributed by atoms with E-state index in [0.29, 0.717) is 16.8 Å². The number of halogens is 4. The van der Waals surface area contributed by atoms with Gasteiger partial charge in [0.2, 0.25) is 5.43 Å². The van der Waals surface area contributed by atoms with Gasteiger partial charge in [-0.25, -0.2) is 22.4 Å². The van der Waals surface area contributed by atoms with Gasteiger partial charge in [-0.2, -0.15) is 0 Å². The Bertz CT molecular complexity index is 842. The van der Waals surface area contributed by atoms with Gasteiger partial charge in [0.1, 0.15) is 11.9 Å². The molecule has 8 heteroatoms. The van der Waals surface area contributed by atoms with Crippen LogP contribution in [-0.4, -0.2) is 17.1 Å². The van der Waals surface area contributed by atoms with Gasteiger partial charge in [0.05, 0.1) is 17.5 Å². The van der Waals surface area contributed by atoms with Crippen molar-refractivity contribution in [2.45, 2.75) is 6.92 Å². The molecular formula is C14H9F4NO3. The van der Waals surface area contributed by atoms with Gasteiger partial charge in [0.15, 0.2) is 17.5 Å². The second-order valence-corrected chi connectivity index (χ2v) is 4.16. The van der Waals surface area contributed by atoms with Crippen LogP contribution >= 0.6 is 0 Å². The van der Waals surface area contributed by atoms with E-state index in [1.165, 1.54) is 6.92 Å². The summed E-state index contributed by atoms with van der Waals surface area (Å²) in [5.41, 5.74) is -2.29. The third-order valence-electron chi connectivity index (χ3n) is 2.86. The first-order valence-electron chi connectivity index (χ1n) is 6.08. The Kier molecular flexibility index (Phi) is 4.30. The van der Waals surface area contributed by atoms with E-state index in [0.717, 1.165) is 6.20 Å². The highest BCUT2D eigenvalue weighted by atomic mass is 19.2. The van der Waals surface area contributed by atoms with E-state index in [-0.39, 0.29) is 12.9 Å². The van der Waals surface area contributed by atoms with Crippen molar-refractivity contribution in [2.24, 2.45) is 0 Å². The summed E-state index contributed by atoms with van der Waals surface area (Å²) in [7, 11) is 0. The topological polar surface area (TPSA) is 48.3 Å². The number of ether oxygens (including phenoxy) is 1. The Balaban J connectivity index is 2.95. The minimum atomic E-state index is -1.81. The molecule has 2 aromatic rings. The fourth-order valence-corrected chi connectivity index (χ4v) is 1.95. The Morgan fingerprint density at radius 2 is 2.00 bits per heavy atom. The van der Waals surface area contributed by atoms with Crippen LogP contribution in [0.3, 0.4) is 0 Å². The smallest absolute Gasteiger partial charge is 0.343 e. The normalized spacial score (nSPS) is 11.3. The van der Waals surface area contributed by atoms with Crippen LogP contribution in [0.15, 0.2) is 23.4 Å².